The Bertz CT molecular complexity index is 3660. The lowest BCUT2D eigenvalue weighted by molar-refractivity contribution is -0.890. The largest absolute Gasteiger partial charge is 0.493 e. The molecule has 3 heterocycles. The fraction of sp³-hybridized carbons (Fsp3) is 0.544. The summed E-state index contributed by atoms with van der Waals surface area (Å²) in [6.45, 7) is -10.1. The maximum atomic E-state index is 13.6. The fourth-order valence-corrected chi connectivity index (χ4v) is 9.76. The second-order valence-corrected chi connectivity index (χ2v) is 26.6. The molecule has 3 fully saturated rings. The number of nitrogens with one attached hydrogen (secondary N) is 3. The van der Waals surface area contributed by atoms with Crippen LogP contribution in [0.4, 0.5) is 17.6 Å². The number of hydrogen-bond acceptors (Lipinski definition) is 16. The van der Waals surface area contributed by atoms with Gasteiger partial charge in [0.05, 0.1) is 164 Å². The van der Waals surface area contributed by atoms with E-state index in [1.54, 1.807) is 57.6 Å². The van der Waals surface area contributed by atoms with E-state index in [-0.39, 0.29) is 96.0 Å². The van der Waals surface area contributed by atoms with Gasteiger partial charge in [-0.2, -0.15) is 0 Å². The van der Waals surface area contributed by atoms with Crippen molar-refractivity contribution < 1.29 is 118 Å². The maximum Gasteiger partial charge on any atom is 0.228 e. The summed E-state index contributed by atoms with van der Waals surface area (Å²) in [5.74, 6) is 1.78. The molecule has 7 N–H and O–H groups in total. The van der Waals surface area contributed by atoms with Gasteiger partial charge in [-0.3, -0.25) is 8.78 Å². The van der Waals surface area contributed by atoms with E-state index >= 15 is 0 Å². The number of halogens is 4. The molecule has 0 aromatic heterocycles. The van der Waals surface area contributed by atoms with Gasteiger partial charge < -0.3 is 96.9 Å². The first-order chi connectivity index (χ1) is 54.4. The van der Waals surface area contributed by atoms with Crippen LogP contribution in [0.1, 0.15) is 67.0 Å². The summed E-state index contributed by atoms with van der Waals surface area (Å²) < 4.78 is 203. The van der Waals surface area contributed by atoms with Gasteiger partial charge in [-0.25, -0.2) is 8.78 Å². The van der Waals surface area contributed by atoms with Crippen LogP contribution >= 0.6 is 0 Å². The number of likely N-dealkylation sites (N-methyl/N-ethyl adjacent to an activating group) is 4. The molecule has 3 saturated heterocycles. The number of para-hydroxylation sites is 6. The molecule has 6 aromatic carbocycles. The Balaban J connectivity index is 0.000000370. The third-order valence-electron chi connectivity index (χ3n) is 15.2. The molecule has 578 valence electrons. The molecule has 103 heavy (non-hydrogen) atoms. The van der Waals surface area contributed by atoms with Crippen LogP contribution in [0.25, 0.3) is 0 Å². The molecule has 0 amide bonds. The predicted molar refractivity (Wildman–Crippen MR) is 400 cm³/mol. The first kappa shape index (κ1) is 69.3. The van der Waals surface area contributed by atoms with Gasteiger partial charge in [0, 0.05) is 54.8 Å². The van der Waals surface area contributed by atoms with Crippen LogP contribution in [0.5, 0.6) is 34.5 Å². The summed E-state index contributed by atoms with van der Waals surface area (Å²) in [4.78, 5) is 0. The van der Waals surface area contributed by atoms with Crippen molar-refractivity contribution >= 4 is 0 Å². The minimum Gasteiger partial charge on any atom is -0.493 e. The molecule has 20 nitrogen and oxygen atoms in total. The van der Waals surface area contributed by atoms with E-state index in [4.69, 9.17) is 82.2 Å². The van der Waals surface area contributed by atoms with Crippen molar-refractivity contribution in [3.63, 3.8) is 0 Å². The summed E-state index contributed by atoms with van der Waals surface area (Å²) in [5.41, 5.74) is 2.87. The second kappa shape index (κ2) is 52.3. The average molecular weight is 1460 g/mol. The normalized spacial score (nSPS) is 19.7. The maximum absolute atomic E-state index is 13.6. The SMILES string of the molecule is C[N+](C)(CCO)CCC[18F].C[N+](C)([11CH3])CCO.[11CH3]Oc1ccccc1O[C@@H](c1ccccc1)[C@@H]1CNCCO1.[2H]C([2H])(O)C([2H])([2H])[N+](C)(C)[11CH3].[2H]C([2H])([18F])C([2H])([2H])C[N+](C)(C)CCO.[2H]C([2H])([18F])C([2H])([2H])Oc1ccccc1O[C@@H](c1ccccc1)[C@@H]1CNCCO1.[2H]C([2H])([18F])Oc1ccccc1O[C@@H](c1ccccc1)[C@@H]1CNCCO1. The average Bonchev–Trinajstić information content (AvgIpc) is 0.775. The molecule has 3 aliphatic rings. The molecule has 24 heteroatoms. The van der Waals surface area contributed by atoms with Gasteiger partial charge in [0.15, 0.2) is 52.8 Å². The third kappa shape index (κ3) is 39.3. The van der Waals surface area contributed by atoms with E-state index in [1.165, 1.54) is 33.3 Å². The Labute approximate surface area is 631 Å². The van der Waals surface area contributed by atoms with Gasteiger partial charge in [-0.1, -0.05) is 127 Å². The van der Waals surface area contributed by atoms with Gasteiger partial charge in [0.1, 0.15) is 60.4 Å². The molecule has 0 spiro atoms. The topological polar surface area (TPSA) is 200 Å². The number of alkyl halides is 4. The lowest BCUT2D eigenvalue weighted by Crippen LogP contribution is -2.43. The number of benzene rings is 6. The third-order valence-corrected chi connectivity index (χ3v) is 15.2. The Hall–Kier alpha value is -6.72. The number of methoxy groups -OCH3 is 1. The zero-order valence-electron chi connectivity index (χ0n) is 75.8. The number of ether oxygens (including phenoxy) is 9. The summed E-state index contributed by atoms with van der Waals surface area (Å²) in [7, 11) is 19.5. The molecule has 0 unspecified atom stereocenters. The zero-order valence-corrected chi connectivity index (χ0v) is 61.8. The summed E-state index contributed by atoms with van der Waals surface area (Å²) in [5, 5.41) is 44.4. The van der Waals surface area contributed by atoms with Crippen LogP contribution in [-0.2, 0) is 14.2 Å². The summed E-state index contributed by atoms with van der Waals surface area (Å²) in [6.07, 6.45) is -3.65. The highest BCUT2D eigenvalue weighted by Crippen LogP contribution is 2.37. The number of rotatable bonds is 32. The monoisotopic (exact) mass is 1460 g/mol. The summed E-state index contributed by atoms with van der Waals surface area (Å²) >= 11 is 0. The Morgan fingerprint density at radius 2 is 0.786 bits per heavy atom. The molecular weight excluding hydrogens is 1320 g/mol. The van der Waals surface area contributed by atoms with Crippen molar-refractivity contribution in [2.45, 2.75) is 49.4 Å². The van der Waals surface area contributed by atoms with Crippen LogP contribution in [0.15, 0.2) is 164 Å². The first-order valence-corrected chi connectivity index (χ1v) is 34.1. The quantitative estimate of drug-likeness (QED) is 0.0156. The van der Waals surface area contributed by atoms with Crippen molar-refractivity contribution in [3.8, 4) is 34.5 Å². The number of morpholine rings is 3. The van der Waals surface area contributed by atoms with Crippen molar-refractivity contribution in [1.82, 2.24) is 16.0 Å². The predicted octanol–water partition coefficient (Wildman–Crippen LogP) is 9.25. The Kier molecular flexibility index (Phi) is 35.2. The van der Waals surface area contributed by atoms with Crippen LogP contribution < -0.4 is 44.4 Å². The van der Waals surface area contributed by atoms with Gasteiger partial charge in [-0.05, 0) is 53.1 Å². The number of aliphatic hydroxyl groups is 4. The first-order valence-electron chi connectivity index (χ1n) is 41.1. The summed E-state index contributed by atoms with van der Waals surface area (Å²) in [6, 6.07) is 49.5. The van der Waals surface area contributed by atoms with Gasteiger partial charge >= 0.3 is 0 Å². The van der Waals surface area contributed by atoms with Crippen LogP contribution in [-0.4, -0.2) is 292 Å². The molecule has 0 aliphatic carbocycles. The molecule has 3 aliphatic heterocycles. The molecule has 6 atom stereocenters. The van der Waals surface area contributed by atoms with Crippen LogP contribution in [0.3, 0.4) is 0 Å². The molecule has 9 rings (SSSR count). The van der Waals surface area contributed by atoms with Gasteiger partial charge in [-0.15, -0.1) is 0 Å². The van der Waals surface area contributed by atoms with E-state index in [9.17, 15) is 17.6 Å². The molecule has 6 aromatic rings. The van der Waals surface area contributed by atoms with Gasteiger partial charge in [0.2, 0.25) is 6.81 Å². The number of quaternary nitrogens is 4. The smallest absolute Gasteiger partial charge is 0.228 e. The minimum atomic E-state index is -3.69. The van der Waals surface area contributed by atoms with Gasteiger partial charge in [0.25, 0.3) is 0 Å². The minimum absolute atomic E-state index is 0.000278. The lowest BCUT2D eigenvalue weighted by atomic mass is 10.0. The number of nitrogens with zero attached hydrogens (tertiary/aromatic N) is 4. The number of aliphatic hydroxyl groups excluding tert-OH is 3. The van der Waals surface area contributed by atoms with Crippen LogP contribution in [0.2, 0.25) is 0 Å². The van der Waals surface area contributed by atoms with Crippen molar-refractivity contribution in [2.75, 3.05) is 236 Å². The highest BCUT2D eigenvalue weighted by atomic mass is 18.2. The van der Waals surface area contributed by atoms with E-state index in [2.05, 4.69) is 49.2 Å². The zero-order chi connectivity index (χ0) is 88.2. The molecule has 0 saturated carbocycles. The van der Waals surface area contributed by atoms with Crippen molar-refractivity contribution in [3.05, 3.63) is 180 Å². The van der Waals surface area contributed by atoms with Crippen molar-refractivity contribution in [2.24, 2.45) is 0 Å². The Morgan fingerprint density at radius 3 is 1.07 bits per heavy atom. The highest BCUT2D eigenvalue weighted by Gasteiger charge is 2.32. The second-order valence-electron chi connectivity index (χ2n) is 26.6. The molecular formula is C79H125F4N7O13+4. The number of hydrogen-bond donors (Lipinski definition) is 7. The van der Waals surface area contributed by atoms with Crippen LogP contribution in [0, 0.1) is 0 Å². The molecule has 0 bridgehead atoms. The Morgan fingerprint density at radius 1 is 0.437 bits per heavy atom. The van der Waals surface area contributed by atoms with E-state index < -0.39 is 58.3 Å². The van der Waals surface area contributed by atoms with E-state index in [0.29, 0.717) is 50.4 Å². The van der Waals surface area contributed by atoms with Crippen molar-refractivity contribution in [1.29, 1.82) is 0 Å². The van der Waals surface area contributed by atoms with E-state index in [1.807, 2.05) is 117 Å². The fourth-order valence-electron chi connectivity index (χ4n) is 9.76. The lowest BCUT2D eigenvalue weighted by Gasteiger charge is -2.32. The molecule has 0 radical (unpaired) electrons. The highest BCUT2D eigenvalue weighted by molar-refractivity contribution is 5.42. The standard InChI is InChI=1S/C19H22FNO3.C18H20FNO3.C18H21NO3.2C7H17FNO.2C5H14NO/c20-10-12-22-16-8-4-5-9-17(16)24-19(15-6-2-1-3-7-15)18-14-21-11-13-23-18;19-13-22-15-8-4-5-9-16(15)23-18(14-6-2-1-3-7-14)17-12-20-10-11-21-17;1-20-15-9-5-6-10-16(15)22-18(14-7-3-2-4-8-14)17-13-19-11-12-21-17;2*1-9(2,6-7-10)5-3-4-8;2*1-6(2,3)4-5-7/h1-9,18-19,21H,10-14H2;1-9,17-18,20H,10-13H2;2-10,17-19H,11-13H2,1H3;2*10H,3-7H2,1-2H3;2*7H,4-5H2,1-3H3/q;;;4*+1/t18-,19-;2*17-,18-;;;;/m000..../s1/i10D2,12D2,20-1;13D2,19-1;1-1;3D2,4D2,8-1;8-1;1-1,4D2,5D2;1-1. The van der Waals surface area contributed by atoms with E-state index in [0.717, 1.165) is 71.9 Å².